The lowest BCUT2D eigenvalue weighted by Crippen LogP contribution is -2.48. The maximum absolute atomic E-state index is 14.5. The van der Waals surface area contributed by atoms with Crippen LogP contribution in [0.15, 0.2) is 29.4 Å². The number of aliphatic hydroxyl groups is 1. The molecule has 45 heavy (non-hydrogen) atoms. The van der Waals surface area contributed by atoms with Crippen LogP contribution in [0.5, 0.6) is 0 Å². The molecule has 10 heteroatoms. The van der Waals surface area contributed by atoms with Crippen LogP contribution in [0, 0.1) is 23.2 Å². The van der Waals surface area contributed by atoms with Gasteiger partial charge in [-0.2, -0.15) is 0 Å². The molecule has 9 nitrogen and oxygen atoms in total. The molecule has 2 heterocycles. The molecule has 4 rings (SSSR count). The Labute approximate surface area is 271 Å². The number of amides is 1. The molecule has 1 aliphatic carbocycles. The number of oxime groups is 1. The third-order valence-corrected chi connectivity index (χ3v) is 10.1. The summed E-state index contributed by atoms with van der Waals surface area (Å²) >= 11 is 6.22. The Hall–Kier alpha value is -2.78. The largest absolute Gasteiger partial charge is 0.479 e. The summed E-state index contributed by atoms with van der Waals surface area (Å²) < 4.78 is 0. The van der Waals surface area contributed by atoms with Crippen LogP contribution in [0.1, 0.15) is 110 Å². The van der Waals surface area contributed by atoms with E-state index in [4.69, 9.17) is 16.4 Å². The Morgan fingerprint density at radius 3 is 2.47 bits per heavy atom. The Balaban J connectivity index is 1.60. The Morgan fingerprint density at radius 2 is 1.84 bits per heavy atom. The molecule has 0 bridgehead atoms. The number of aliphatic carboxylic acids is 1. The highest BCUT2D eigenvalue weighted by molar-refractivity contribution is 6.31. The summed E-state index contributed by atoms with van der Waals surface area (Å²) in [7, 11) is 0. The van der Waals surface area contributed by atoms with Gasteiger partial charge in [0.05, 0.1) is 18.3 Å². The number of carboxylic acids is 1. The number of likely N-dealkylation sites (tertiary alicyclic amines) is 1. The molecule has 248 valence electrons. The fraction of sp³-hybridized carbons (Fsp3) is 0.686. The number of ketones is 2. The summed E-state index contributed by atoms with van der Waals surface area (Å²) in [6, 6.07) is 6.36. The minimum atomic E-state index is -1.69. The van der Waals surface area contributed by atoms with Crippen molar-refractivity contribution >= 4 is 40.8 Å². The van der Waals surface area contributed by atoms with E-state index in [1.54, 1.807) is 17.0 Å². The Morgan fingerprint density at radius 1 is 1.13 bits per heavy atom. The van der Waals surface area contributed by atoms with Crippen LogP contribution in [0.25, 0.3) is 0 Å². The zero-order chi connectivity index (χ0) is 32.9. The molecule has 1 saturated carbocycles. The third-order valence-electron chi connectivity index (χ3n) is 9.89. The van der Waals surface area contributed by atoms with E-state index >= 15 is 0 Å². The topological polar surface area (TPSA) is 134 Å². The molecule has 1 saturated heterocycles. The lowest BCUT2D eigenvalue weighted by molar-refractivity contribution is -0.151. The maximum atomic E-state index is 14.5. The van der Waals surface area contributed by atoms with Crippen molar-refractivity contribution in [3.63, 3.8) is 0 Å². The standard InChI is InChI=1S/C35H49ClN2O7/c1-5-10-24(31(41)33(43)44)17-30(40)29-20-35(19-28(37-45-35)23-13-9-14-25(36)16-23)21-38(29)32(42)27(34(2,3)4)18-26(39)15-22-11-7-6-8-12-22/h9,13-14,16,22,24,27,29,31,41H,5-8,10-12,15,17-21H2,1-4H3,(H,43,44)/t24?,27-,29+,31?,35-/m1/s1. The van der Waals surface area contributed by atoms with Crippen LogP contribution in [0.3, 0.4) is 0 Å². The summed E-state index contributed by atoms with van der Waals surface area (Å²) in [5, 5.41) is 24.8. The quantitative estimate of drug-likeness (QED) is 0.260. The molecule has 1 amide bonds. The number of Topliss-reactive ketones (excluding diaryl/α,β-unsaturated/α-hetero) is 2. The Bertz CT molecular complexity index is 1280. The number of benzene rings is 1. The van der Waals surface area contributed by atoms with Crippen LogP contribution in [0.4, 0.5) is 0 Å². The average molecular weight is 645 g/mol. The van der Waals surface area contributed by atoms with Crippen LogP contribution in [-0.2, 0) is 24.0 Å². The van der Waals surface area contributed by atoms with Gasteiger partial charge in [-0.25, -0.2) is 4.79 Å². The van der Waals surface area contributed by atoms with Crippen molar-refractivity contribution in [3.05, 3.63) is 34.9 Å². The van der Waals surface area contributed by atoms with Crippen LogP contribution >= 0.6 is 11.6 Å². The number of hydrogen-bond donors (Lipinski definition) is 2. The monoisotopic (exact) mass is 644 g/mol. The summed E-state index contributed by atoms with van der Waals surface area (Å²) in [6.07, 6.45) is 5.73. The summed E-state index contributed by atoms with van der Waals surface area (Å²) in [5.41, 5.74) is -0.0432. The van der Waals surface area contributed by atoms with E-state index in [1.165, 1.54) is 6.42 Å². The number of carbonyl (C=O) groups is 4. The first-order valence-electron chi connectivity index (χ1n) is 16.5. The van der Waals surface area contributed by atoms with Crippen molar-refractivity contribution in [2.45, 2.75) is 122 Å². The molecule has 2 aliphatic heterocycles. The van der Waals surface area contributed by atoms with E-state index in [1.807, 2.05) is 39.8 Å². The minimum Gasteiger partial charge on any atom is -0.479 e. The molecule has 1 aromatic rings. The van der Waals surface area contributed by atoms with Gasteiger partial charge in [-0.3, -0.25) is 14.4 Å². The SMILES string of the molecule is CCCC(CC(=O)[C@@H]1C[C@]2(CC(c3cccc(Cl)c3)=NO2)CN1C(=O)[C@@H](CC(=O)CC1CCCCC1)C(C)(C)C)C(O)C(=O)O. The summed E-state index contributed by atoms with van der Waals surface area (Å²) in [5.74, 6) is -2.98. The molecule has 5 atom stereocenters. The highest BCUT2D eigenvalue weighted by Gasteiger charge is 2.55. The minimum absolute atomic E-state index is 0.0724. The van der Waals surface area contributed by atoms with Crippen molar-refractivity contribution in [2.24, 2.45) is 28.3 Å². The molecule has 0 radical (unpaired) electrons. The van der Waals surface area contributed by atoms with Crippen molar-refractivity contribution in [3.8, 4) is 0 Å². The van der Waals surface area contributed by atoms with Gasteiger partial charge in [0.25, 0.3) is 0 Å². The molecule has 2 N–H and O–H groups in total. The van der Waals surface area contributed by atoms with E-state index in [0.29, 0.717) is 42.3 Å². The average Bonchev–Trinajstić information content (AvgIpc) is 3.58. The van der Waals surface area contributed by atoms with Gasteiger partial charge in [-0.15, -0.1) is 0 Å². The van der Waals surface area contributed by atoms with E-state index in [9.17, 15) is 29.4 Å². The highest BCUT2D eigenvalue weighted by atomic mass is 35.5. The van der Waals surface area contributed by atoms with Crippen LogP contribution in [-0.4, -0.2) is 68.6 Å². The van der Waals surface area contributed by atoms with E-state index in [2.05, 4.69) is 5.16 Å². The highest BCUT2D eigenvalue weighted by Crippen LogP contribution is 2.43. The second-order valence-corrected chi connectivity index (χ2v) is 15.0. The lowest BCUT2D eigenvalue weighted by Gasteiger charge is -2.35. The van der Waals surface area contributed by atoms with Gasteiger partial charge in [-0.05, 0) is 29.9 Å². The number of carboxylic acid groups (broad SMARTS) is 1. The van der Waals surface area contributed by atoms with Gasteiger partial charge in [0.15, 0.2) is 17.5 Å². The molecule has 2 fully saturated rings. The van der Waals surface area contributed by atoms with Crippen molar-refractivity contribution in [1.29, 1.82) is 0 Å². The van der Waals surface area contributed by atoms with Crippen LogP contribution < -0.4 is 0 Å². The second-order valence-electron chi connectivity index (χ2n) is 14.6. The second kappa shape index (κ2) is 14.8. The fourth-order valence-corrected chi connectivity index (χ4v) is 7.52. The molecule has 3 aliphatic rings. The first-order valence-corrected chi connectivity index (χ1v) is 16.9. The van der Waals surface area contributed by atoms with Crippen molar-refractivity contribution in [2.75, 3.05) is 6.54 Å². The molecule has 1 aromatic carbocycles. The Kier molecular flexibility index (Phi) is 11.5. The number of rotatable bonds is 13. The predicted octanol–water partition coefficient (Wildman–Crippen LogP) is 6.22. The molecule has 2 unspecified atom stereocenters. The third kappa shape index (κ3) is 8.73. The normalized spacial score (nSPS) is 24.2. The molecular weight excluding hydrogens is 596 g/mol. The van der Waals surface area contributed by atoms with E-state index in [-0.39, 0.29) is 43.3 Å². The van der Waals surface area contributed by atoms with E-state index in [0.717, 1.165) is 31.2 Å². The number of nitrogens with zero attached hydrogens (tertiary/aromatic N) is 2. The zero-order valence-electron chi connectivity index (χ0n) is 27.1. The number of hydrogen-bond acceptors (Lipinski definition) is 7. The van der Waals surface area contributed by atoms with E-state index < -0.39 is 41.0 Å². The summed E-state index contributed by atoms with van der Waals surface area (Å²) in [6.45, 7) is 7.81. The van der Waals surface area contributed by atoms with Crippen molar-refractivity contribution in [1.82, 2.24) is 4.90 Å². The number of aliphatic hydroxyl groups excluding tert-OH is 1. The van der Waals surface area contributed by atoms with Crippen molar-refractivity contribution < 1.29 is 34.2 Å². The lowest BCUT2D eigenvalue weighted by atomic mass is 9.75. The smallest absolute Gasteiger partial charge is 0.332 e. The van der Waals surface area contributed by atoms with Gasteiger partial charge in [-0.1, -0.05) is 95.1 Å². The number of carbonyl (C=O) groups excluding carboxylic acids is 3. The number of halogens is 1. The maximum Gasteiger partial charge on any atom is 0.332 e. The van der Waals surface area contributed by atoms with Gasteiger partial charge in [0.2, 0.25) is 5.91 Å². The molecular formula is C35H49ClN2O7. The predicted molar refractivity (Wildman–Crippen MR) is 172 cm³/mol. The van der Waals surface area contributed by atoms with Gasteiger partial charge in [0.1, 0.15) is 5.78 Å². The fourth-order valence-electron chi connectivity index (χ4n) is 7.33. The zero-order valence-corrected chi connectivity index (χ0v) is 27.9. The summed E-state index contributed by atoms with van der Waals surface area (Å²) in [4.78, 5) is 61.1. The van der Waals surface area contributed by atoms with Gasteiger partial charge < -0.3 is 20.0 Å². The van der Waals surface area contributed by atoms with Gasteiger partial charge >= 0.3 is 5.97 Å². The first kappa shape index (κ1) is 35.1. The van der Waals surface area contributed by atoms with Crippen LogP contribution in [0.2, 0.25) is 5.02 Å². The molecule has 1 spiro atoms. The first-order chi connectivity index (χ1) is 21.2. The van der Waals surface area contributed by atoms with Gasteiger partial charge in [0, 0.05) is 54.5 Å². The molecule has 0 aromatic heterocycles.